The second kappa shape index (κ2) is 7.88. The molecule has 4 heteroatoms. The van der Waals surface area contributed by atoms with E-state index in [1.807, 2.05) is 6.07 Å². The Bertz CT molecular complexity index is 382. The van der Waals surface area contributed by atoms with Crippen molar-refractivity contribution in [2.24, 2.45) is 5.73 Å². The Morgan fingerprint density at radius 1 is 1.28 bits per heavy atom. The summed E-state index contributed by atoms with van der Waals surface area (Å²) in [5.41, 5.74) is 6.99. The highest BCUT2D eigenvalue weighted by Gasteiger charge is 2.13. The van der Waals surface area contributed by atoms with Gasteiger partial charge in [0, 0.05) is 11.1 Å². The molecule has 102 valence electrons. The molecule has 0 saturated carbocycles. The van der Waals surface area contributed by atoms with Crippen LogP contribution in [0.3, 0.4) is 0 Å². The van der Waals surface area contributed by atoms with E-state index >= 15 is 0 Å². The molecule has 2 nitrogen and oxygen atoms in total. The fraction of sp³-hybridized carbons (Fsp3) is 0.571. The third kappa shape index (κ3) is 4.68. The predicted octanol–water partition coefficient (Wildman–Crippen LogP) is 4.45. The minimum atomic E-state index is 0.105. The lowest BCUT2D eigenvalue weighted by Gasteiger charge is -2.16. The fourth-order valence-electron chi connectivity index (χ4n) is 1.67. The fourth-order valence-corrected chi connectivity index (χ4v) is 2.26. The average molecular weight is 290 g/mol. The topological polar surface area (TPSA) is 35.2 Å². The van der Waals surface area contributed by atoms with E-state index in [1.165, 1.54) is 0 Å². The van der Waals surface area contributed by atoms with Crippen molar-refractivity contribution in [3.05, 3.63) is 27.7 Å². The molecule has 0 fully saturated rings. The highest BCUT2D eigenvalue weighted by Crippen LogP contribution is 2.33. The standard InChI is InChI=1S/C14H21Cl2NO/c1-3-5-6-18-14-10(8-12(17)4-2)7-11(15)9-13(14)16/h7,9,12H,3-6,8,17H2,1-2H3. The van der Waals surface area contributed by atoms with Gasteiger partial charge in [0.1, 0.15) is 5.75 Å². The van der Waals surface area contributed by atoms with Crippen LogP contribution in [-0.2, 0) is 6.42 Å². The maximum Gasteiger partial charge on any atom is 0.141 e. The molecule has 18 heavy (non-hydrogen) atoms. The summed E-state index contributed by atoms with van der Waals surface area (Å²) < 4.78 is 5.76. The van der Waals surface area contributed by atoms with Crippen LogP contribution in [0.2, 0.25) is 10.0 Å². The number of hydrogen-bond donors (Lipinski definition) is 1. The van der Waals surface area contributed by atoms with Gasteiger partial charge in [-0.25, -0.2) is 0 Å². The Morgan fingerprint density at radius 3 is 2.61 bits per heavy atom. The van der Waals surface area contributed by atoms with E-state index in [4.69, 9.17) is 33.7 Å². The van der Waals surface area contributed by atoms with E-state index in [-0.39, 0.29) is 6.04 Å². The van der Waals surface area contributed by atoms with Crippen LogP contribution in [0.4, 0.5) is 0 Å². The Kier molecular flexibility index (Phi) is 6.83. The summed E-state index contributed by atoms with van der Waals surface area (Å²) in [6.07, 6.45) is 3.75. The number of benzene rings is 1. The Morgan fingerprint density at radius 2 is 2.00 bits per heavy atom. The highest BCUT2D eigenvalue weighted by molar-refractivity contribution is 6.35. The van der Waals surface area contributed by atoms with Crippen LogP contribution in [0.5, 0.6) is 5.75 Å². The first-order chi connectivity index (χ1) is 8.58. The number of halogens is 2. The first-order valence-corrected chi connectivity index (χ1v) is 7.20. The maximum absolute atomic E-state index is 6.19. The van der Waals surface area contributed by atoms with Crippen molar-refractivity contribution in [3.63, 3.8) is 0 Å². The zero-order chi connectivity index (χ0) is 13.5. The van der Waals surface area contributed by atoms with Gasteiger partial charge in [0.15, 0.2) is 0 Å². The highest BCUT2D eigenvalue weighted by atomic mass is 35.5. The second-order valence-electron chi connectivity index (χ2n) is 4.45. The van der Waals surface area contributed by atoms with Crippen molar-refractivity contribution in [3.8, 4) is 5.75 Å². The van der Waals surface area contributed by atoms with E-state index < -0.39 is 0 Å². The quantitative estimate of drug-likeness (QED) is 0.753. The molecule has 0 radical (unpaired) electrons. The van der Waals surface area contributed by atoms with Gasteiger partial charge in [-0.1, -0.05) is 43.5 Å². The van der Waals surface area contributed by atoms with Gasteiger partial charge >= 0.3 is 0 Å². The average Bonchev–Trinajstić information content (AvgIpc) is 2.32. The third-order valence-electron chi connectivity index (χ3n) is 2.84. The molecule has 2 N–H and O–H groups in total. The van der Waals surface area contributed by atoms with Gasteiger partial charge in [0.05, 0.1) is 11.6 Å². The van der Waals surface area contributed by atoms with Gasteiger partial charge in [-0.05, 0) is 37.0 Å². The van der Waals surface area contributed by atoms with Gasteiger partial charge in [0.25, 0.3) is 0 Å². The van der Waals surface area contributed by atoms with Gasteiger partial charge in [-0.3, -0.25) is 0 Å². The van der Waals surface area contributed by atoms with Gasteiger partial charge in [0.2, 0.25) is 0 Å². The van der Waals surface area contributed by atoms with Crippen LogP contribution >= 0.6 is 23.2 Å². The molecule has 0 aliphatic heterocycles. The van der Waals surface area contributed by atoms with Crippen LogP contribution in [0.1, 0.15) is 38.7 Å². The number of hydrogen-bond acceptors (Lipinski definition) is 2. The van der Waals surface area contributed by atoms with Crippen molar-refractivity contribution < 1.29 is 4.74 Å². The molecular weight excluding hydrogens is 269 g/mol. The smallest absolute Gasteiger partial charge is 0.141 e. The van der Waals surface area contributed by atoms with Crippen LogP contribution in [-0.4, -0.2) is 12.6 Å². The molecule has 0 saturated heterocycles. The van der Waals surface area contributed by atoms with Crippen LogP contribution in [0.25, 0.3) is 0 Å². The molecule has 0 aromatic heterocycles. The monoisotopic (exact) mass is 289 g/mol. The number of unbranched alkanes of at least 4 members (excludes halogenated alkanes) is 1. The summed E-state index contributed by atoms with van der Waals surface area (Å²) in [4.78, 5) is 0. The zero-order valence-electron chi connectivity index (χ0n) is 11.0. The predicted molar refractivity (Wildman–Crippen MR) is 78.8 cm³/mol. The second-order valence-corrected chi connectivity index (χ2v) is 5.29. The maximum atomic E-state index is 6.19. The lowest BCUT2D eigenvalue weighted by molar-refractivity contribution is 0.305. The summed E-state index contributed by atoms with van der Waals surface area (Å²) in [6.45, 7) is 4.86. The molecule has 1 atom stereocenters. The van der Waals surface area contributed by atoms with E-state index in [2.05, 4.69) is 13.8 Å². The van der Waals surface area contributed by atoms with E-state index in [0.29, 0.717) is 16.7 Å². The SMILES string of the molecule is CCCCOc1c(Cl)cc(Cl)cc1CC(N)CC. The summed E-state index contributed by atoms with van der Waals surface area (Å²) >= 11 is 12.2. The molecular formula is C14H21Cl2NO. The Labute approximate surface area is 119 Å². The van der Waals surface area contributed by atoms with Gasteiger partial charge in [-0.2, -0.15) is 0 Å². The summed E-state index contributed by atoms with van der Waals surface area (Å²) in [7, 11) is 0. The summed E-state index contributed by atoms with van der Waals surface area (Å²) in [5, 5.41) is 1.19. The van der Waals surface area contributed by atoms with Crippen LogP contribution in [0, 0.1) is 0 Å². The lowest BCUT2D eigenvalue weighted by Crippen LogP contribution is -2.21. The molecule has 1 aromatic rings. The molecule has 0 bridgehead atoms. The van der Waals surface area contributed by atoms with Crippen molar-refractivity contribution in [1.82, 2.24) is 0 Å². The number of ether oxygens (including phenoxy) is 1. The normalized spacial score (nSPS) is 12.5. The number of nitrogens with two attached hydrogens (primary N) is 1. The van der Waals surface area contributed by atoms with Crippen molar-refractivity contribution in [2.75, 3.05) is 6.61 Å². The molecule has 0 spiro atoms. The van der Waals surface area contributed by atoms with Gasteiger partial charge < -0.3 is 10.5 Å². The van der Waals surface area contributed by atoms with E-state index in [9.17, 15) is 0 Å². The summed E-state index contributed by atoms with van der Waals surface area (Å²) in [6, 6.07) is 3.71. The van der Waals surface area contributed by atoms with Gasteiger partial charge in [-0.15, -0.1) is 0 Å². The molecule has 1 unspecified atom stereocenters. The number of rotatable bonds is 7. The first kappa shape index (κ1) is 15.6. The van der Waals surface area contributed by atoms with Crippen molar-refractivity contribution in [2.45, 2.75) is 45.6 Å². The molecule has 0 heterocycles. The Hall–Kier alpha value is -0.440. The zero-order valence-corrected chi connectivity index (χ0v) is 12.5. The third-order valence-corrected chi connectivity index (χ3v) is 3.34. The molecule has 1 rings (SSSR count). The first-order valence-electron chi connectivity index (χ1n) is 6.44. The Balaban J connectivity index is 2.89. The van der Waals surface area contributed by atoms with Crippen molar-refractivity contribution in [1.29, 1.82) is 0 Å². The molecule has 0 amide bonds. The lowest BCUT2D eigenvalue weighted by atomic mass is 10.0. The summed E-state index contributed by atoms with van der Waals surface area (Å²) in [5.74, 6) is 0.735. The van der Waals surface area contributed by atoms with E-state index in [0.717, 1.165) is 37.0 Å². The largest absolute Gasteiger partial charge is 0.492 e. The molecule has 1 aromatic carbocycles. The van der Waals surface area contributed by atoms with Crippen molar-refractivity contribution >= 4 is 23.2 Å². The molecule has 0 aliphatic rings. The van der Waals surface area contributed by atoms with Crippen LogP contribution < -0.4 is 10.5 Å². The minimum absolute atomic E-state index is 0.105. The van der Waals surface area contributed by atoms with E-state index in [1.54, 1.807) is 6.07 Å². The van der Waals surface area contributed by atoms with Crippen LogP contribution in [0.15, 0.2) is 12.1 Å². The minimum Gasteiger partial charge on any atom is -0.492 e. The molecule has 0 aliphatic carbocycles.